The third-order valence-corrected chi connectivity index (χ3v) is 4.62. The van der Waals surface area contributed by atoms with Gasteiger partial charge in [-0.25, -0.2) is 13.1 Å². The molecule has 0 unspecified atom stereocenters. The standard InChI is InChI=1S/C14H16ClN3O2S/c1-10(2)14(11-3-5-16-6-4-11)18-21(19,20)13-7-12(15)8-17-9-13/h3-10,14,18H,1-2H3/t14-/m0/s1. The van der Waals surface area contributed by atoms with Gasteiger partial charge in [0.05, 0.1) is 5.02 Å². The number of nitrogens with zero attached hydrogens (tertiary/aromatic N) is 2. The van der Waals surface area contributed by atoms with Crippen LogP contribution in [0.2, 0.25) is 5.02 Å². The number of nitrogens with one attached hydrogen (secondary N) is 1. The van der Waals surface area contributed by atoms with Gasteiger partial charge in [0.1, 0.15) is 4.90 Å². The zero-order valence-electron chi connectivity index (χ0n) is 11.7. The summed E-state index contributed by atoms with van der Waals surface area (Å²) < 4.78 is 27.6. The average molecular weight is 326 g/mol. The van der Waals surface area contributed by atoms with Crippen LogP contribution in [0, 0.1) is 5.92 Å². The van der Waals surface area contributed by atoms with Gasteiger partial charge in [-0.2, -0.15) is 0 Å². The van der Waals surface area contributed by atoms with Crippen LogP contribution >= 0.6 is 11.6 Å². The molecule has 2 aromatic rings. The molecule has 0 aliphatic carbocycles. The van der Waals surface area contributed by atoms with E-state index < -0.39 is 10.0 Å². The maximum absolute atomic E-state index is 12.4. The van der Waals surface area contributed by atoms with Gasteiger partial charge in [-0.3, -0.25) is 9.97 Å². The second-order valence-corrected chi connectivity index (χ2v) is 7.11. The van der Waals surface area contributed by atoms with E-state index >= 15 is 0 Å². The summed E-state index contributed by atoms with van der Waals surface area (Å²) in [4.78, 5) is 7.81. The molecule has 0 fully saturated rings. The molecule has 0 spiro atoms. The van der Waals surface area contributed by atoms with Crippen LogP contribution in [-0.4, -0.2) is 18.4 Å². The minimum Gasteiger partial charge on any atom is -0.265 e. The van der Waals surface area contributed by atoms with E-state index in [9.17, 15) is 8.42 Å². The van der Waals surface area contributed by atoms with Crippen LogP contribution in [0.15, 0.2) is 47.9 Å². The van der Waals surface area contributed by atoms with Gasteiger partial charge in [-0.05, 0) is 29.7 Å². The normalized spacial score (nSPS) is 13.3. The molecule has 2 aromatic heterocycles. The number of rotatable bonds is 5. The Bertz CT molecular complexity index is 705. The number of aromatic nitrogens is 2. The minimum absolute atomic E-state index is 0.0507. The lowest BCUT2D eigenvalue weighted by Gasteiger charge is -2.22. The summed E-state index contributed by atoms with van der Waals surface area (Å²) in [5, 5.41) is 0.280. The molecule has 0 aromatic carbocycles. The zero-order valence-corrected chi connectivity index (χ0v) is 13.3. The van der Waals surface area contributed by atoms with Crippen molar-refractivity contribution in [1.29, 1.82) is 0 Å². The third-order valence-electron chi connectivity index (χ3n) is 3.00. The molecule has 21 heavy (non-hydrogen) atoms. The summed E-state index contributed by atoms with van der Waals surface area (Å²) in [6.45, 7) is 3.90. The van der Waals surface area contributed by atoms with Crippen molar-refractivity contribution in [2.75, 3.05) is 0 Å². The van der Waals surface area contributed by atoms with Gasteiger partial charge >= 0.3 is 0 Å². The molecule has 0 radical (unpaired) electrons. The molecule has 1 N–H and O–H groups in total. The molecular formula is C14H16ClN3O2S. The number of hydrogen-bond acceptors (Lipinski definition) is 4. The summed E-state index contributed by atoms with van der Waals surface area (Å²) in [7, 11) is -3.69. The van der Waals surface area contributed by atoms with E-state index in [1.165, 1.54) is 18.5 Å². The molecular weight excluding hydrogens is 310 g/mol. The van der Waals surface area contributed by atoms with Crippen molar-refractivity contribution in [3.63, 3.8) is 0 Å². The predicted octanol–water partition coefficient (Wildman–Crippen LogP) is 2.81. The van der Waals surface area contributed by atoms with E-state index in [4.69, 9.17) is 11.6 Å². The Balaban J connectivity index is 2.33. The maximum atomic E-state index is 12.4. The highest BCUT2D eigenvalue weighted by atomic mass is 35.5. The lowest BCUT2D eigenvalue weighted by molar-refractivity contribution is 0.462. The van der Waals surface area contributed by atoms with Gasteiger partial charge in [0, 0.05) is 30.8 Å². The lowest BCUT2D eigenvalue weighted by Crippen LogP contribution is -2.31. The van der Waals surface area contributed by atoms with E-state index in [2.05, 4.69) is 14.7 Å². The summed E-state index contributed by atoms with van der Waals surface area (Å²) >= 11 is 5.80. The van der Waals surface area contributed by atoms with Gasteiger partial charge < -0.3 is 0 Å². The highest BCUT2D eigenvalue weighted by Crippen LogP contribution is 2.24. The second-order valence-electron chi connectivity index (χ2n) is 4.96. The van der Waals surface area contributed by atoms with E-state index in [-0.39, 0.29) is 21.9 Å². The fourth-order valence-electron chi connectivity index (χ4n) is 1.93. The lowest BCUT2D eigenvalue weighted by atomic mass is 9.98. The quantitative estimate of drug-likeness (QED) is 0.917. The van der Waals surface area contributed by atoms with Crippen LogP contribution in [0.3, 0.4) is 0 Å². The Morgan fingerprint density at radius 3 is 2.38 bits per heavy atom. The summed E-state index contributed by atoms with van der Waals surface area (Å²) in [5.74, 6) is 0.0781. The van der Waals surface area contributed by atoms with Crippen LogP contribution in [0.1, 0.15) is 25.5 Å². The first-order valence-corrected chi connectivity index (χ1v) is 8.29. The van der Waals surface area contributed by atoms with Crippen molar-refractivity contribution in [2.45, 2.75) is 24.8 Å². The largest absolute Gasteiger partial charge is 0.265 e. The molecule has 7 heteroatoms. The summed E-state index contributed by atoms with van der Waals surface area (Å²) in [6.07, 6.45) is 5.95. The maximum Gasteiger partial charge on any atom is 0.242 e. The van der Waals surface area contributed by atoms with Crippen LogP contribution in [0.5, 0.6) is 0 Å². The predicted molar refractivity (Wildman–Crippen MR) is 81.4 cm³/mol. The number of hydrogen-bond donors (Lipinski definition) is 1. The average Bonchev–Trinajstić information content (AvgIpc) is 2.45. The molecule has 0 aliphatic heterocycles. The highest BCUT2D eigenvalue weighted by Gasteiger charge is 2.24. The number of halogens is 1. The van der Waals surface area contributed by atoms with Crippen molar-refractivity contribution >= 4 is 21.6 Å². The topological polar surface area (TPSA) is 72.0 Å². The van der Waals surface area contributed by atoms with Crippen LogP contribution in [-0.2, 0) is 10.0 Å². The Kier molecular flexibility index (Phi) is 4.92. The smallest absolute Gasteiger partial charge is 0.242 e. The van der Waals surface area contributed by atoms with Crippen LogP contribution < -0.4 is 4.72 Å². The first kappa shape index (κ1) is 15.9. The van der Waals surface area contributed by atoms with Gasteiger partial charge in [-0.1, -0.05) is 25.4 Å². The fraction of sp³-hybridized carbons (Fsp3) is 0.286. The first-order valence-electron chi connectivity index (χ1n) is 6.43. The van der Waals surface area contributed by atoms with E-state index in [1.807, 2.05) is 13.8 Å². The minimum atomic E-state index is -3.69. The molecule has 0 amide bonds. The SMILES string of the molecule is CC(C)[C@H](NS(=O)(=O)c1cncc(Cl)c1)c1ccncc1. The van der Waals surface area contributed by atoms with Gasteiger partial charge in [0.25, 0.3) is 0 Å². The van der Waals surface area contributed by atoms with Crippen molar-refractivity contribution in [3.8, 4) is 0 Å². The third kappa shape index (κ3) is 4.00. The first-order chi connectivity index (χ1) is 9.90. The Hall–Kier alpha value is -1.50. The van der Waals surface area contributed by atoms with Crippen molar-refractivity contribution in [2.24, 2.45) is 5.92 Å². The molecule has 0 bridgehead atoms. The molecule has 5 nitrogen and oxygen atoms in total. The summed E-state index contributed by atoms with van der Waals surface area (Å²) in [6, 6.07) is 4.62. The highest BCUT2D eigenvalue weighted by molar-refractivity contribution is 7.89. The number of sulfonamides is 1. The van der Waals surface area contributed by atoms with Crippen LogP contribution in [0.4, 0.5) is 0 Å². The van der Waals surface area contributed by atoms with Gasteiger partial charge in [0.2, 0.25) is 10.0 Å². The van der Waals surface area contributed by atoms with E-state index in [0.717, 1.165) is 5.56 Å². The Morgan fingerprint density at radius 2 is 1.81 bits per heavy atom. The van der Waals surface area contributed by atoms with E-state index in [0.29, 0.717) is 0 Å². The Labute approximate surface area is 129 Å². The number of pyridine rings is 2. The van der Waals surface area contributed by atoms with Crippen molar-refractivity contribution in [3.05, 3.63) is 53.6 Å². The zero-order chi connectivity index (χ0) is 15.5. The Morgan fingerprint density at radius 1 is 1.14 bits per heavy atom. The monoisotopic (exact) mass is 325 g/mol. The van der Waals surface area contributed by atoms with Gasteiger partial charge in [0.15, 0.2) is 0 Å². The molecule has 0 saturated heterocycles. The van der Waals surface area contributed by atoms with E-state index in [1.54, 1.807) is 24.5 Å². The van der Waals surface area contributed by atoms with Crippen molar-refractivity contribution < 1.29 is 8.42 Å². The molecule has 2 rings (SSSR count). The molecule has 112 valence electrons. The fourth-order valence-corrected chi connectivity index (χ4v) is 3.53. The molecule has 0 saturated carbocycles. The molecule has 2 heterocycles. The molecule has 1 atom stereocenters. The molecule has 0 aliphatic rings. The summed E-state index contributed by atoms with van der Waals surface area (Å²) in [5.41, 5.74) is 0.860. The van der Waals surface area contributed by atoms with Gasteiger partial charge in [-0.15, -0.1) is 0 Å². The van der Waals surface area contributed by atoms with Crippen molar-refractivity contribution in [1.82, 2.24) is 14.7 Å². The van der Waals surface area contributed by atoms with Crippen LogP contribution in [0.25, 0.3) is 0 Å². The second kappa shape index (κ2) is 6.51.